The van der Waals surface area contributed by atoms with Gasteiger partial charge in [-0.05, 0) is 49.8 Å². The molecule has 0 spiro atoms. The molecule has 234 valence electrons. The van der Waals surface area contributed by atoms with Crippen LogP contribution >= 0.6 is 11.6 Å². The van der Waals surface area contributed by atoms with E-state index in [1.165, 1.54) is 0 Å². The van der Waals surface area contributed by atoms with Gasteiger partial charge in [-0.1, -0.05) is 36.6 Å². The van der Waals surface area contributed by atoms with Crippen molar-refractivity contribution in [2.24, 2.45) is 24.3 Å². The van der Waals surface area contributed by atoms with Gasteiger partial charge in [0.1, 0.15) is 18.1 Å². The molecule has 1 aromatic carbocycles. The topological polar surface area (TPSA) is 119 Å². The van der Waals surface area contributed by atoms with Crippen molar-refractivity contribution in [3.63, 3.8) is 0 Å². The van der Waals surface area contributed by atoms with E-state index >= 15 is 0 Å². The smallest absolute Gasteiger partial charge is 0.227 e. The highest BCUT2D eigenvalue weighted by molar-refractivity contribution is 6.31. The molecule has 2 fully saturated rings. The van der Waals surface area contributed by atoms with Gasteiger partial charge < -0.3 is 24.6 Å². The Morgan fingerprint density at radius 3 is 2.72 bits per heavy atom. The maximum Gasteiger partial charge on any atom is 0.227 e. The normalized spacial score (nSPS) is 25.5. The Bertz CT molecular complexity index is 1380. The molecule has 0 bridgehead atoms. The van der Waals surface area contributed by atoms with Gasteiger partial charge in [-0.2, -0.15) is 0 Å². The molecular weight excluding hydrogens is 572 g/mol. The lowest BCUT2D eigenvalue weighted by molar-refractivity contribution is -0.153. The summed E-state index contributed by atoms with van der Waals surface area (Å²) in [6.45, 7) is 5.88. The maximum absolute atomic E-state index is 14.6. The average Bonchev–Trinajstić information content (AvgIpc) is 3.51. The number of hydrogen-bond donors (Lipinski definition) is 1. The van der Waals surface area contributed by atoms with E-state index in [9.17, 15) is 14.4 Å². The van der Waals surface area contributed by atoms with Gasteiger partial charge in [0.25, 0.3) is 0 Å². The molecule has 5 rings (SSSR count). The molecule has 4 atom stereocenters. The minimum atomic E-state index is -0.801. The number of nitrogens with one attached hydrogen (secondary N) is 1. The van der Waals surface area contributed by atoms with Crippen LogP contribution in [-0.4, -0.2) is 76.3 Å². The highest BCUT2D eigenvalue weighted by atomic mass is 35.5. The second kappa shape index (κ2) is 12.8. The van der Waals surface area contributed by atoms with Crippen LogP contribution in [0.3, 0.4) is 0 Å². The Morgan fingerprint density at radius 1 is 1.23 bits per heavy atom. The van der Waals surface area contributed by atoms with Crippen LogP contribution in [0.15, 0.2) is 12.1 Å². The van der Waals surface area contributed by atoms with Crippen molar-refractivity contribution in [1.82, 2.24) is 30.1 Å². The predicted octanol–water partition coefficient (Wildman–Crippen LogP) is 3.43. The summed E-state index contributed by atoms with van der Waals surface area (Å²) in [6, 6.07) is 3.18. The van der Waals surface area contributed by atoms with Crippen molar-refractivity contribution in [2.45, 2.75) is 71.6 Å². The lowest BCUT2D eigenvalue weighted by Crippen LogP contribution is -2.54. The van der Waals surface area contributed by atoms with Gasteiger partial charge in [0, 0.05) is 57.8 Å². The second-order valence-electron chi connectivity index (χ2n) is 12.5. The van der Waals surface area contributed by atoms with Crippen LogP contribution in [0, 0.1) is 17.3 Å². The van der Waals surface area contributed by atoms with E-state index in [0.717, 1.165) is 29.7 Å². The second-order valence-corrected chi connectivity index (χ2v) is 12.9. The number of ether oxygens (including phenoxy) is 2. The predicted molar refractivity (Wildman–Crippen MR) is 160 cm³/mol. The summed E-state index contributed by atoms with van der Waals surface area (Å²) >= 11 is 6.78. The van der Waals surface area contributed by atoms with E-state index in [-0.39, 0.29) is 30.2 Å². The number of halogens is 1. The van der Waals surface area contributed by atoms with E-state index in [0.29, 0.717) is 68.4 Å². The lowest BCUT2D eigenvalue weighted by Gasteiger charge is -2.46. The van der Waals surface area contributed by atoms with Crippen molar-refractivity contribution in [3.8, 4) is 5.75 Å². The molecule has 43 heavy (non-hydrogen) atoms. The van der Waals surface area contributed by atoms with E-state index in [4.69, 9.17) is 21.1 Å². The molecule has 3 amide bonds. The van der Waals surface area contributed by atoms with Crippen molar-refractivity contribution < 1.29 is 23.9 Å². The van der Waals surface area contributed by atoms with E-state index < -0.39 is 17.4 Å². The monoisotopic (exact) mass is 614 g/mol. The first-order chi connectivity index (χ1) is 20.6. The number of carbonyl (C=O) groups excluding carboxylic acids is 3. The summed E-state index contributed by atoms with van der Waals surface area (Å²) in [4.78, 5) is 44.5. The molecule has 1 unspecified atom stereocenters. The maximum atomic E-state index is 14.6. The van der Waals surface area contributed by atoms with Gasteiger partial charge in [-0.25, -0.2) is 4.68 Å². The molecule has 2 aromatic rings. The largest absolute Gasteiger partial charge is 0.487 e. The number of carbonyl (C=O) groups is 3. The fourth-order valence-corrected chi connectivity index (χ4v) is 7.45. The number of nitrogens with zero attached hydrogens (tertiary/aromatic N) is 5. The number of rotatable bonds is 9. The first kappa shape index (κ1) is 31.3. The molecule has 1 aliphatic carbocycles. The number of benzene rings is 1. The van der Waals surface area contributed by atoms with Crippen LogP contribution < -0.4 is 10.1 Å². The van der Waals surface area contributed by atoms with Crippen molar-refractivity contribution in [2.75, 3.05) is 33.8 Å². The zero-order valence-electron chi connectivity index (χ0n) is 25.8. The number of aryl methyl sites for hydroxylation is 1. The molecule has 1 N–H and O–H groups in total. The number of hydrogen-bond acceptors (Lipinski definition) is 7. The summed E-state index contributed by atoms with van der Waals surface area (Å²) in [5.41, 5.74) is 2.39. The Kier molecular flexibility index (Phi) is 9.31. The molecule has 2 aliphatic heterocycles. The standard InChI is InChI=1S/C31H43ClN6O5/c1-19-14-27(39)37(15-19)16-24-28-20(11-13-38(24)29(40)21-8-6-7-12-31(21,2)30(41)33-3)22(32)9-10-26(28)43-17-23-25(18-42-5)36(4)35-34-23/h9-10,19,21,24H,6-8,11-18H2,1-5H3,(H,33,41)/t19-,21+,24?,31+/m1/s1. The molecule has 1 saturated carbocycles. The fraction of sp³-hybridized carbons (Fsp3) is 0.645. The van der Waals surface area contributed by atoms with E-state index in [1.54, 1.807) is 25.9 Å². The van der Waals surface area contributed by atoms with Crippen LogP contribution in [0.25, 0.3) is 0 Å². The fourth-order valence-electron chi connectivity index (χ4n) is 7.19. The highest BCUT2D eigenvalue weighted by Crippen LogP contribution is 2.46. The van der Waals surface area contributed by atoms with Crippen molar-refractivity contribution >= 4 is 29.3 Å². The minimum absolute atomic E-state index is 0.0524. The van der Waals surface area contributed by atoms with E-state index in [2.05, 4.69) is 22.6 Å². The molecule has 12 heteroatoms. The minimum Gasteiger partial charge on any atom is -0.487 e. The first-order valence-electron chi connectivity index (χ1n) is 15.2. The van der Waals surface area contributed by atoms with Crippen LogP contribution in [0.1, 0.15) is 74.5 Å². The molecule has 3 aliphatic rings. The van der Waals surface area contributed by atoms with Gasteiger partial charge in [-0.3, -0.25) is 14.4 Å². The van der Waals surface area contributed by atoms with Crippen molar-refractivity contribution in [1.29, 1.82) is 0 Å². The zero-order valence-corrected chi connectivity index (χ0v) is 26.6. The SMILES string of the molecule is CNC(=O)[C@@]1(C)CCCC[C@H]1C(=O)N1CCc2c(Cl)ccc(OCc3nnn(C)c3COC)c2C1CN1C[C@H](C)CC1=O. The van der Waals surface area contributed by atoms with Gasteiger partial charge in [0.05, 0.1) is 29.7 Å². The molecular formula is C31H43ClN6O5. The van der Waals surface area contributed by atoms with Gasteiger partial charge >= 0.3 is 0 Å². The highest BCUT2D eigenvalue weighted by Gasteiger charge is 2.49. The summed E-state index contributed by atoms with van der Waals surface area (Å²) < 4.78 is 13.4. The van der Waals surface area contributed by atoms with E-state index in [1.807, 2.05) is 28.9 Å². The Hall–Kier alpha value is -3.18. The number of fused-ring (bicyclic) bond motifs is 1. The third kappa shape index (κ3) is 5.98. The van der Waals surface area contributed by atoms with Gasteiger partial charge in [-0.15, -0.1) is 5.10 Å². The first-order valence-corrected chi connectivity index (χ1v) is 15.6. The lowest BCUT2D eigenvalue weighted by atomic mass is 9.66. The van der Waals surface area contributed by atoms with Crippen LogP contribution in [0.4, 0.5) is 0 Å². The van der Waals surface area contributed by atoms with Crippen LogP contribution in [-0.2, 0) is 45.8 Å². The Labute approximate surface area is 258 Å². The summed E-state index contributed by atoms with van der Waals surface area (Å²) in [5, 5.41) is 11.8. The van der Waals surface area contributed by atoms with Gasteiger partial charge in [0.2, 0.25) is 17.7 Å². The molecule has 0 radical (unpaired) electrons. The third-order valence-electron chi connectivity index (χ3n) is 9.58. The van der Waals surface area contributed by atoms with Crippen LogP contribution in [0.5, 0.6) is 5.75 Å². The zero-order chi connectivity index (χ0) is 30.9. The molecule has 1 aromatic heterocycles. The van der Waals surface area contributed by atoms with Gasteiger partial charge in [0.15, 0.2) is 0 Å². The summed E-state index contributed by atoms with van der Waals surface area (Å²) in [7, 11) is 5.05. The number of amides is 3. The third-order valence-corrected chi connectivity index (χ3v) is 9.93. The van der Waals surface area contributed by atoms with Crippen LogP contribution in [0.2, 0.25) is 5.02 Å². The molecule has 11 nitrogen and oxygen atoms in total. The summed E-state index contributed by atoms with van der Waals surface area (Å²) in [6.07, 6.45) is 4.12. The quantitative estimate of drug-likeness (QED) is 0.460. The molecule has 3 heterocycles. The number of likely N-dealkylation sites (tertiary alicyclic amines) is 1. The molecule has 1 saturated heterocycles. The summed E-state index contributed by atoms with van der Waals surface area (Å²) in [5.74, 6) is 0.287. The van der Waals surface area contributed by atoms with Crippen molar-refractivity contribution in [3.05, 3.63) is 39.7 Å². The Balaban J connectivity index is 1.53. The number of methoxy groups -OCH3 is 1. The average molecular weight is 615 g/mol. The Morgan fingerprint density at radius 2 is 2.02 bits per heavy atom. The number of aromatic nitrogens is 3.